The van der Waals surface area contributed by atoms with Gasteiger partial charge in [-0.15, -0.1) is 0 Å². The number of phenolic OH excluding ortho intramolecular Hbond substituents is 6. The lowest BCUT2D eigenvalue weighted by molar-refractivity contribution is 0.101. The molecular weight excluding hydrogens is 488 g/mol. The molecule has 2 aliphatic rings. The molecule has 38 heavy (non-hydrogen) atoms. The van der Waals surface area contributed by atoms with Crippen molar-refractivity contribution >= 4 is 11.6 Å². The van der Waals surface area contributed by atoms with Crippen LogP contribution in [-0.4, -0.2) is 42.2 Å². The lowest BCUT2D eigenvalue weighted by atomic mass is 9.63. The van der Waals surface area contributed by atoms with Gasteiger partial charge in [-0.25, -0.2) is 0 Å². The third-order valence-electron chi connectivity index (χ3n) is 7.43. The molecule has 0 saturated carbocycles. The summed E-state index contributed by atoms with van der Waals surface area (Å²) in [6, 6.07) is 11.0. The van der Waals surface area contributed by atoms with Crippen LogP contribution >= 0.6 is 0 Å². The molecule has 0 saturated heterocycles. The van der Waals surface area contributed by atoms with Gasteiger partial charge in [-0.1, -0.05) is 12.1 Å². The molecule has 0 aliphatic heterocycles. The molecule has 8 heteroatoms. The summed E-state index contributed by atoms with van der Waals surface area (Å²) in [5.41, 5.74) is 2.10. The Labute approximate surface area is 216 Å². The van der Waals surface area contributed by atoms with Crippen molar-refractivity contribution in [1.29, 1.82) is 0 Å². The topological polar surface area (TPSA) is 156 Å². The van der Waals surface area contributed by atoms with E-state index in [4.69, 9.17) is 0 Å². The van der Waals surface area contributed by atoms with E-state index in [2.05, 4.69) is 0 Å². The summed E-state index contributed by atoms with van der Waals surface area (Å²) in [5.74, 6) is -5.26. The van der Waals surface area contributed by atoms with Gasteiger partial charge in [-0.05, 0) is 71.5 Å². The van der Waals surface area contributed by atoms with Gasteiger partial charge >= 0.3 is 0 Å². The number of fused-ring (bicyclic) bond motifs is 4. The molecule has 190 valence electrons. The number of aryl methyl sites for hydroxylation is 2. The van der Waals surface area contributed by atoms with E-state index in [1.54, 1.807) is 26.0 Å². The molecule has 6 rings (SSSR count). The fourth-order valence-electron chi connectivity index (χ4n) is 6.13. The minimum absolute atomic E-state index is 0.0460. The van der Waals surface area contributed by atoms with Crippen LogP contribution in [0.1, 0.15) is 77.1 Å². The fourth-order valence-corrected chi connectivity index (χ4v) is 6.13. The standard InChI is InChI=1S/C30H22O8/c1-11-3-15-23(17-7-13(31)9-21(35)27(17)29(37)25(15)19(33)5-11)24-16-4-12(2)6-20(34)26(16)30(38)28-18(24)8-14(32)10-22(28)36/h3-10,23-24,31-36H,1-2H3/t23-,24-/m1/s1. The van der Waals surface area contributed by atoms with Crippen molar-refractivity contribution in [3.63, 3.8) is 0 Å². The largest absolute Gasteiger partial charge is 0.508 e. The van der Waals surface area contributed by atoms with Gasteiger partial charge < -0.3 is 30.6 Å². The Bertz CT molecular complexity index is 1500. The van der Waals surface area contributed by atoms with E-state index in [0.29, 0.717) is 22.3 Å². The van der Waals surface area contributed by atoms with E-state index in [1.165, 1.54) is 24.3 Å². The van der Waals surface area contributed by atoms with Crippen molar-refractivity contribution in [2.45, 2.75) is 25.7 Å². The first-order chi connectivity index (χ1) is 18.0. The molecule has 4 aromatic carbocycles. The first kappa shape index (κ1) is 23.4. The maximum Gasteiger partial charge on any atom is 0.201 e. The van der Waals surface area contributed by atoms with Gasteiger partial charge in [0.15, 0.2) is 0 Å². The summed E-state index contributed by atoms with van der Waals surface area (Å²) >= 11 is 0. The molecular formula is C30H22O8. The smallest absolute Gasteiger partial charge is 0.201 e. The molecule has 2 aliphatic carbocycles. The van der Waals surface area contributed by atoms with Crippen LogP contribution in [0.25, 0.3) is 0 Å². The predicted octanol–water partition coefficient (Wildman–Crippen LogP) is 4.59. The normalized spacial score (nSPS) is 17.4. The first-order valence-electron chi connectivity index (χ1n) is 11.9. The summed E-state index contributed by atoms with van der Waals surface area (Å²) in [4.78, 5) is 27.2. The van der Waals surface area contributed by atoms with Crippen molar-refractivity contribution in [2.75, 3.05) is 0 Å². The number of carbonyl (C=O) groups is 2. The minimum atomic E-state index is -0.894. The number of ketones is 2. The second kappa shape index (κ2) is 7.76. The molecule has 0 unspecified atom stereocenters. The molecule has 0 fully saturated rings. The van der Waals surface area contributed by atoms with Crippen molar-refractivity contribution in [3.8, 4) is 34.5 Å². The third-order valence-corrected chi connectivity index (χ3v) is 7.43. The number of rotatable bonds is 1. The van der Waals surface area contributed by atoms with Crippen LogP contribution in [0.15, 0.2) is 48.5 Å². The summed E-state index contributed by atoms with van der Waals surface area (Å²) in [6.45, 7) is 3.47. The number of aromatic hydroxyl groups is 6. The van der Waals surface area contributed by atoms with Crippen LogP contribution in [0.4, 0.5) is 0 Å². The molecule has 6 N–H and O–H groups in total. The van der Waals surface area contributed by atoms with E-state index in [1.807, 2.05) is 0 Å². The van der Waals surface area contributed by atoms with Crippen molar-refractivity contribution in [2.24, 2.45) is 0 Å². The fraction of sp³-hybridized carbons (Fsp3) is 0.133. The number of hydrogen-bond donors (Lipinski definition) is 6. The van der Waals surface area contributed by atoms with E-state index in [9.17, 15) is 40.2 Å². The zero-order valence-electron chi connectivity index (χ0n) is 20.3. The van der Waals surface area contributed by atoms with Crippen LogP contribution in [0.2, 0.25) is 0 Å². The van der Waals surface area contributed by atoms with Gasteiger partial charge in [0.05, 0.1) is 22.3 Å². The summed E-state index contributed by atoms with van der Waals surface area (Å²) in [7, 11) is 0. The zero-order valence-corrected chi connectivity index (χ0v) is 20.3. The number of hydrogen-bond acceptors (Lipinski definition) is 8. The van der Waals surface area contributed by atoms with Gasteiger partial charge in [0, 0.05) is 24.0 Å². The molecule has 0 aromatic heterocycles. The second-order valence-electron chi connectivity index (χ2n) is 9.97. The van der Waals surface area contributed by atoms with E-state index >= 15 is 0 Å². The SMILES string of the molecule is Cc1cc(O)c2c(c1)[C@@H]([C@@H]1c3cc(C)cc(O)c3C(=O)c3c(O)cc(O)cc31)c1cc(O)cc(O)c1C2=O. The Morgan fingerprint density at radius 3 is 1.08 bits per heavy atom. The summed E-state index contributed by atoms with van der Waals surface area (Å²) in [5, 5.41) is 64.2. The van der Waals surface area contributed by atoms with Crippen molar-refractivity contribution in [3.05, 3.63) is 104 Å². The Morgan fingerprint density at radius 1 is 0.447 bits per heavy atom. The molecule has 8 nitrogen and oxygen atoms in total. The second-order valence-corrected chi connectivity index (χ2v) is 9.97. The van der Waals surface area contributed by atoms with Gasteiger partial charge in [-0.2, -0.15) is 0 Å². The maximum atomic E-state index is 13.6. The molecule has 0 heterocycles. The first-order valence-corrected chi connectivity index (χ1v) is 11.9. The molecule has 4 aromatic rings. The summed E-state index contributed by atoms with van der Waals surface area (Å²) in [6.07, 6.45) is 0. The van der Waals surface area contributed by atoms with Gasteiger partial charge in [-0.3, -0.25) is 9.59 Å². The third kappa shape index (κ3) is 3.10. The maximum absolute atomic E-state index is 13.6. The molecule has 0 spiro atoms. The van der Waals surface area contributed by atoms with Gasteiger partial charge in [0.1, 0.15) is 34.5 Å². The average Bonchev–Trinajstić information content (AvgIpc) is 2.78. The highest BCUT2D eigenvalue weighted by Gasteiger charge is 2.46. The lowest BCUT2D eigenvalue weighted by Crippen LogP contribution is -2.29. The van der Waals surface area contributed by atoms with Crippen molar-refractivity contribution < 1.29 is 40.2 Å². The van der Waals surface area contributed by atoms with E-state index in [-0.39, 0.29) is 56.4 Å². The van der Waals surface area contributed by atoms with Crippen LogP contribution in [0.5, 0.6) is 34.5 Å². The summed E-state index contributed by atoms with van der Waals surface area (Å²) < 4.78 is 0. The van der Waals surface area contributed by atoms with Crippen LogP contribution in [-0.2, 0) is 0 Å². The Morgan fingerprint density at radius 2 is 0.737 bits per heavy atom. The lowest BCUT2D eigenvalue weighted by Gasteiger charge is -2.38. The molecule has 0 radical (unpaired) electrons. The molecule has 0 bridgehead atoms. The van der Waals surface area contributed by atoms with Crippen LogP contribution in [0.3, 0.4) is 0 Å². The minimum Gasteiger partial charge on any atom is -0.508 e. The number of carbonyl (C=O) groups excluding carboxylic acids is 2. The zero-order chi connectivity index (χ0) is 27.2. The van der Waals surface area contributed by atoms with Gasteiger partial charge in [0.2, 0.25) is 11.6 Å². The van der Waals surface area contributed by atoms with Crippen molar-refractivity contribution in [1.82, 2.24) is 0 Å². The molecule has 0 amide bonds. The van der Waals surface area contributed by atoms with Crippen LogP contribution in [0, 0.1) is 13.8 Å². The number of benzene rings is 4. The van der Waals surface area contributed by atoms with E-state index in [0.717, 1.165) is 12.1 Å². The van der Waals surface area contributed by atoms with E-state index < -0.39 is 34.9 Å². The predicted molar refractivity (Wildman–Crippen MR) is 136 cm³/mol. The Hall–Kier alpha value is -4.98. The highest BCUT2D eigenvalue weighted by atomic mass is 16.3. The highest BCUT2D eigenvalue weighted by molar-refractivity contribution is 6.18. The van der Waals surface area contributed by atoms with Gasteiger partial charge in [0.25, 0.3) is 0 Å². The molecule has 2 atom stereocenters. The van der Waals surface area contributed by atoms with Crippen LogP contribution < -0.4 is 0 Å². The monoisotopic (exact) mass is 510 g/mol. The highest BCUT2D eigenvalue weighted by Crippen LogP contribution is 2.56. The Kier molecular flexibility index (Phi) is 4.78. The quantitative estimate of drug-likeness (QED) is 0.217. The number of phenols is 6. The average molecular weight is 510 g/mol. The Balaban J connectivity index is 1.80.